The van der Waals surface area contributed by atoms with E-state index in [2.05, 4.69) is 27.0 Å². The molecule has 0 aromatic carbocycles. The summed E-state index contributed by atoms with van der Waals surface area (Å²) < 4.78 is 11.6. The number of rotatable bonds is 4. The second kappa shape index (κ2) is 7.74. The lowest BCUT2D eigenvalue weighted by molar-refractivity contribution is -0.141. The van der Waals surface area contributed by atoms with Crippen LogP contribution in [0.1, 0.15) is 32.1 Å². The number of likely N-dealkylation sites (tertiary alicyclic amines) is 1. The second-order valence-electron chi connectivity index (χ2n) is 7.70. The molecule has 6 nitrogen and oxygen atoms in total. The molecule has 2 aliphatic heterocycles. The molecule has 1 aromatic heterocycles. The van der Waals surface area contributed by atoms with Gasteiger partial charge in [-0.05, 0) is 37.5 Å². The third kappa shape index (κ3) is 3.61. The van der Waals surface area contributed by atoms with Gasteiger partial charge in [0.1, 0.15) is 0 Å². The predicted molar refractivity (Wildman–Crippen MR) is 96.6 cm³/mol. The summed E-state index contributed by atoms with van der Waals surface area (Å²) in [6.45, 7) is 3.84. The number of hydrogen-bond acceptors (Lipinski definition) is 5. The molecule has 0 unspecified atom stereocenters. The summed E-state index contributed by atoms with van der Waals surface area (Å²) in [7, 11) is 0. The number of ether oxygens (including phenoxy) is 2. The third-order valence-electron chi connectivity index (χ3n) is 6.33. The summed E-state index contributed by atoms with van der Waals surface area (Å²) in [5.74, 6) is 1.41. The smallest absolute Gasteiger partial charge is 0.232 e. The average molecular weight is 357 g/mol. The molecular formula is C20H27N3O3. The number of carbonyl (C=O) groups is 1. The van der Waals surface area contributed by atoms with Crippen LogP contribution in [0.2, 0.25) is 0 Å². The molecule has 3 heterocycles. The summed E-state index contributed by atoms with van der Waals surface area (Å²) in [5.41, 5.74) is 0.213. The van der Waals surface area contributed by atoms with Crippen molar-refractivity contribution in [3.63, 3.8) is 0 Å². The van der Waals surface area contributed by atoms with Crippen molar-refractivity contribution in [3.05, 3.63) is 30.7 Å². The van der Waals surface area contributed by atoms with Crippen LogP contribution < -0.4 is 4.74 Å². The van der Waals surface area contributed by atoms with E-state index in [1.807, 2.05) is 0 Å². The van der Waals surface area contributed by atoms with E-state index in [4.69, 9.17) is 9.47 Å². The molecule has 26 heavy (non-hydrogen) atoms. The molecule has 6 heteroatoms. The van der Waals surface area contributed by atoms with E-state index < -0.39 is 0 Å². The minimum Gasteiger partial charge on any atom is -0.476 e. The largest absolute Gasteiger partial charge is 0.476 e. The van der Waals surface area contributed by atoms with Crippen LogP contribution in [-0.2, 0) is 9.53 Å². The molecule has 1 atom stereocenters. The molecule has 0 saturated carbocycles. The third-order valence-corrected chi connectivity index (χ3v) is 6.33. The van der Waals surface area contributed by atoms with E-state index in [0.29, 0.717) is 24.3 Å². The van der Waals surface area contributed by atoms with E-state index in [9.17, 15) is 4.79 Å². The summed E-state index contributed by atoms with van der Waals surface area (Å²) in [4.78, 5) is 23.0. The molecule has 1 aromatic rings. The highest BCUT2D eigenvalue weighted by Crippen LogP contribution is 2.45. The summed E-state index contributed by atoms with van der Waals surface area (Å²) in [6.07, 6.45) is 14.1. The van der Waals surface area contributed by atoms with Crippen LogP contribution in [0.4, 0.5) is 0 Å². The lowest BCUT2D eigenvalue weighted by atomic mass is 9.66. The van der Waals surface area contributed by atoms with E-state index in [1.54, 1.807) is 18.6 Å². The number of piperidine rings is 1. The Bertz CT molecular complexity index is 633. The van der Waals surface area contributed by atoms with Crippen LogP contribution in [0.3, 0.4) is 0 Å². The first kappa shape index (κ1) is 17.5. The Hall–Kier alpha value is -1.95. The number of carbonyl (C=O) groups excluding carboxylic acids is 1. The highest BCUT2D eigenvalue weighted by Gasteiger charge is 2.45. The van der Waals surface area contributed by atoms with Crippen LogP contribution in [-0.4, -0.2) is 53.7 Å². The summed E-state index contributed by atoms with van der Waals surface area (Å²) in [5, 5.41) is 0. The summed E-state index contributed by atoms with van der Waals surface area (Å²) >= 11 is 0. The first-order valence-corrected chi connectivity index (χ1v) is 9.67. The van der Waals surface area contributed by atoms with Gasteiger partial charge in [-0.2, -0.15) is 0 Å². The minimum atomic E-state index is 0.175. The Morgan fingerprint density at radius 1 is 1.23 bits per heavy atom. The maximum Gasteiger partial charge on any atom is 0.232 e. The Morgan fingerprint density at radius 2 is 2.04 bits per heavy atom. The number of aromatic nitrogens is 2. The molecular weight excluding hydrogens is 330 g/mol. The van der Waals surface area contributed by atoms with Gasteiger partial charge in [0, 0.05) is 43.9 Å². The van der Waals surface area contributed by atoms with Crippen molar-refractivity contribution in [1.82, 2.24) is 14.9 Å². The Balaban J connectivity index is 1.36. The van der Waals surface area contributed by atoms with Gasteiger partial charge < -0.3 is 14.4 Å². The van der Waals surface area contributed by atoms with Crippen LogP contribution >= 0.6 is 0 Å². The van der Waals surface area contributed by atoms with E-state index in [1.165, 1.54) is 0 Å². The van der Waals surface area contributed by atoms with Crippen molar-refractivity contribution in [1.29, 1.82) is 0 Å². The molecule has 0 N–H and O–H groups in total. The maximum atomic E-state index is 12.7. The Kier molecular flexibility index (Phi) is 5.20. The van der Waals surface area contributed by atoms with Crippen LogP contribution in [0.5, 0.6) is 5.88 Å². The first-order valence-electron chi connectivity index (χ1n) is 9.67. The molecule has 0 bridgehead atoms. The molecule has 1 aliphatic carbocycles. The predicted octanol–water partition coefficient (Wildman–Crippen LogP) is 2.47. The fraction of sp³-hybridized carbons (Fsp3) is 0.650. The van der Waals surface area contributed by atoms with Gasteiger partial charge in [0.25, 0.3) is 0 Å². The quantitative estimate of drug-likeness (QED) is 0.775. The lowest BCUT2D eigenvalue weighted by Gasteiger charge is -2.49. The fourth-order valence-electron chi connectivity index (χ4n) is 4.56. The van der Waals surface area contributed by atoms with Gasteiger partial charge in [0.2, 0.25) is 11.8 Å². The fourth-order valence-corrected chi connectivity index (χ4v) is 4.56. The molecule has 2 fully saturated rings. The molecule has 0 radical (unpaired) electrons. The number of hydrogen-bond donors (Lipinski definition) is 0. The second-order valence-corrected chi connectivity index (χ2v) is 7.70. The zero-order chi connectivity index (χ0) is 17.8. The van der Waals surface area contributed by atoms with E-state index in [0.717, 1.165) is 58.4 Å². The molecule has 1 spiro atoms. The van der Waals surface area contributed by atoms with Crippen molar-refractivity contribution in [2.45, 2.75) is 32.1 Å². The van der Waals surface area contributed by atoms with Crippen LogP contribution in [0.15, 0.2) is 30.7 Å². The SMILES string of the molecule is O=C(C1CC=CC1)N1CCC2(CCOC[C@H]2COc2cnccn2)CC1. The summed E-state index contributed by atoms with van der Waals surface area (Å²) in [6, 6.07) is 0. The number of nitrogens with zero attached hydrogens (tertiary/aromatic N) is 3. The Labute approximate surface area is 154 Å². The van der Waals surface area contributed by atoms with Crippen molar-refractivity contribution < 1.29 is 14.3 Å². The minimum absolute atomic E-state index is 0.175. The van der Waals surface area contributed by atoms with Gasteiger partial charge >= 0.3 is 0 Å². The van der Waals surface area contributed by atoms with Crippen molar-refractivity contribution in [2.75, 3.05) is 32.9 Å². The monoisotopic (exact) mass is 357 g/mol. The molecule has 4 rings (SSSR count). The lowest BCUT2D eigenvalue weighted by Crippen LogP contribution is -2.51. The van der Waals surface area contributed by atoms with E-state index in [-0.39, 0.29) is 11.3 Å². The van der Waals surface area contributed by atoms with Gasteiger partial charge in [-0.1, -0.05) is 12.2 Å². The first-order chi connectivity index (χ1) is 12.8. The average Bonchev–Trinajstić information content (AvgIpc) is 3.23. The number of allylic oxidation sites excluding steroid dienone is 2. The Morgan fingerprint density at radius 3 is 2.77 bits per heavy atom. The van der Waals surface area contributed by atoms with Gasteiger partial charge in [-0.3, -0.25) is 9.78 Å². The number of amides is 1. The van der Waals surface area contributed by atoms with Crippen LogP contribution in [0.25, 0.3) is 0 Å². The molecule has 140 valence electrons. The van der Waals surface area contributed by atoms with Crippen LogP contribution in [0, 0.1) is 17.3 Å². The molecule has 2 saturated heterocycles. The zero-order valence-electron chi connectivity index (χ0n) is 15.2. The van der Waals surface area contributed by atoms with Crippen molar-refractivity contribution in [2.24, 2.45) is 17.3 Å². The van der Waals surface area contributed by atoms with Crippen molar-refractivity contribution >= 4 is 5.91 Å². The topological polar surface area (TPSA) is 64.6 Å². The highest BCUT2D eigenvalue weighted by atomic mass is 16.5. The van der Waals surface area contributed by atoms with Gasteiger partial charge in [-0.25, -0.2) is 4.98 Å². The maximum absolute atomic E-state index is 12.7. The normalized spacial score (nSPS) is 25.5. The molecule has 1 amide bonds. The van der Waals surface area contributed by atoms with Crippen molar-refractivity contribution in [3.8, 4) is 5.88 Å². The highest BCUT2D eigenvalue weighted by molar-refractivity contribution is 5.79. The van der Waals surface area contributed by atoms with Gasteiger partial charge in [-0.15, -0.1) is 0 Å². The van der Waals surface area contributed by atoms with Gasteiger partial charge in [0.15, 0.2) is 0 Å². The molecule has 3 aliphatic rings. The van der Waals surface area contributed by atoms with E-state index >= 15 is 0 Å². The zero-order valence-corrected chi connectivity index (χ0v) is 15.2. The standard InChI is InChI=1S/C20H27N3O3/c24-19(16-3-1-2-4-16)23-10-5-20(6-11-23)7-12-25-14-17(20)15-26-18-13-21-8-9-22-18/h1-2,8-9,13,16-17H,3-7,10-12,14-15H2/t17-/m0/s1. The van der Waals surface area contributed by atoms with Gasteiger partial charge in [0.05, 0.1) is 19.4 Å².